The quantitative estimate of drug-likeness (QED) is 0.363. The Morgan fingerprint density at radius 1 is 1.08 bits per heavy atom. The maximum absolute atomic E-state index is 12.0. The molecule has 0 aliphatic rings. The van der Waals surface area contributed by atoms with Crippen LogP contribution >= 0.6 is 0 Å². The zero-order valence-electron chi connectivity index (χ0n) is 5.96. The second-order valence-electron chi connectivity index (χ2n) is 2.19. The molecule has 0 bridgehead atoms. The molecule has 0 aromatic carbocycles. The summed E-state index contributed by atoms with van der Waals surface area (Å²) < 4.78 is 58.4. The van der Waals surface area contributed by atoms with E-state index in [-0.39, 0.29) is 6.54 Å². The van der Waals surface area contributed by atoms with E-state index in [1.807, 2.05) is 0 Å². The van der Waals surface area contributed by atoms with Crippen LogP contribution in [0.3, 0.4) is 0 Å². The first-order valence-electron chi connectivity index (χ1n) is 3.09. The van der Waals surface area contributed by atoms with Crippen molar-refractivity contribution in [2.75, 3.05) is 6.54 Å². The molecule has 0 rings (SSSR count). The Hall–Kier alpha value is -0.860. The Bertz CT molecular complexity index is 177. The van der Waals surface area contributed by atoms with Gasteiger partial charge in [-0.15, -0.1) is 0 Å². The summed E-state index contributed by atoms with van der Waals surface area (Å²) in [7, 11) is 0. The fourth-order valence-electron chi connectivity index (χ4n) is 0.522. The second-order valence-corrected chi connectivity index (χ2v) is 2.19. The number of hydrogen-bond acceptors (Lipinski definition) is 0. The van der Waals surface area contributed by atoms with Crippen LogP contribution in [0.15, 0.2) is 0 Å². The van der Waals surface area contributed by atoms with Crippen molar-refractivity contribution < 1.29 is 22.0 Å². The number of alkyl halides is 5. The smallest absolute Gasteiger partial charge is 0.317 e. The molecular formula is C6H6F5N. The molecule has 0 fully saturated rings. The SMILES string of the molecule is [C-]#[N+]CCCC(F)(F)C(F)(F)F. The highest BCUT2D eigenvalue weighted by Crippen LogP contribution is 2.38. The minimum absolute atomic E-state index is 0.300. The van der Waals surface area contributed by atoms with Crippen molar-refractivity contribution in [3.63, 3.8) is 0 Å². The maximum atomic E-state index is 12.0. The standard InChI is InChI=1S/C6H6F5N/c1-12-4-2-3-5(7,8)6(9,10)11/h2-4H2. The maximum Gasteiger partial charge on any atom is 0.453 e. The van der Waals surface area contributed by atoms with Crippen molar-refractivity contribution in [2.24, 2.45) is 0 Å². The molecule has 0 saturated carbocycles. The van der Waals surface area contributed by atoms with Gasteiger partial charge in [-0.3, -0.25) is 0 Å². The molecule has 0 aromatic heterocycles. The van der Waals surface area contributed by atoms with E-state index in [0.717, 1.165) is 0 Å². The van der Waals surface area contributed by atoms with Gasteiger partial charge in [-0.2, -0.15) is 22.0 Å². The minimum Gasteiger partial charge on any atom is -0.317 e. The summed E-state index contributed by atoms with van der Waals surface area (Å²) in [5.74, 6) is -4.66. The highest BCUT2D eigenvalue weighted by atomic mass is 19.4. The van der Waals surface area contributed by atoms with Gasteiger partial charge in [0, 0.05) is 12.8 Å². The van der Waals surface area contributed by atoms with Crippen molar-refractivity contribution in [1.29, 1.82) is 0 Å². The molecule has 0 aromatic rings. The lowest BCUT2D eigenvalue weighted by molar-refractivity contribution is -0.284. The van der Waals surface area contributed by atoms with E-state index < -0.39 is 24.9 Å². The van der Waals surface area contributed by atoms with Gasteiger partial charge in [-0.25, -0.2) is 6.57 Å². The average molecular weight is 187 g/mol. The number of rotatable bonds is 3. The van der Waals surface area contributed by atoms with Gasteiger partial charge < -0.3 is 4.85 Å². The van der Waals surface area contributed by atoms with Crippen molar-refractivity contribution in [2.45, 2.75) is 24.9 Å². The van der Waals surface area contributed by atoms with Crippen LogP contribution < -0.4 is 0 Å². The van der Waals surface area contributed by atoms with E-state index >= 15 is 0 Å². The average Bonchev–Trinajstić information content (AvgIpc) is 1.85. The predicted molar refractivity (Wildman–Crippen MR) is 31.7 cm³/mol. The third kappa shape index (κ3) is 3.03. The van der Waals surface area contributed by atoms with Gasteiger partial charge in [0.05, 0.1) is 0 Å². The van der Waals surface area contributed by atoms with E-state index in [0.29, 0.717) is 0 Å². The molecule has 0 spiro atoms. The molecule has 0 aliphatic carbocycles. The number of nitrogens with zero attached hydrogens (tertiary/aromatic N) is 1. The van der Waals surface area contributed by atoms with Crippen LogP contribution in [-0.4, -0.2) is 18.6 Å². The highest BCUT2D eigenvalue weighted by molar-refractivity contribution is 4.76. The van der Waals surface area contributed by atoms with E-state index in [9.17, 15) is 22.0 Å². The fourth-order valence-corrected chi connectivity index (χ4v) is 0.522. The third-order valence-electron chi connectivity index (χ3n) is 1.18. The summed E-state index contributed by atoms with van der Waals surface area (Å²) in [6, 6.07) is 0. The summed E-state index contributed by atoms with van der Waals surface area (Å²) in [4.78, 5) is 2.67. The topological polar surface area (TPSA) is 4.36 Å². The predicted octanol–water partition coefficient (Wildman–Crippen LogP) is 2.88. The minimum atomic E-state index is -5.49. The Labute approximate surface area is 66.0 Å². The van der Waals surface area contributed by atoms with E-state index in [1.54, 1.807) is 0 Å². The zero-order valence-corrected chi connectivity index (χ0v) is 5.96. The van der Waals surface area contributed by atoms with E-state index in [2.05, 4.69) is 4.85 Å². The molecule has 1 nitrogen and oxygen atoms in total. The van der Waals surface area contributed by atoms with Crippen LogP contribution in [0.25, 0.3) is 4.85 Å². The Balaban J connectivity index is 3.98. The molecule has 0 aliphatic heterocycles. The summed E-state index contributed by atoms with van der Waals surface area (Å²) in [5, 5.41) is 0. The van der Waals surface area contributed by atoms with Crippen molar-refractivity contribution >= 4 is 0 Å². The van der Waals surface area contributed by atoms with Gasteiger partial charge in [-0.05, 0) is 0 Å². The van der Waals surface area contributed by atoms with Crippen LogP contribution in [0.5, 0.6) is 0 Å². The van der Waals surface area contributed by atoms with Gasteiger partial charge in [0.2, 0.25) is 6.54 Å². The Morgan fingerprint density at radius 3 is 1.92 bits per heavy atom. The molecule has 0 saturated heterocycles. The lowest BCUT2D eigenvalue weighted by Gasteiger charge is -2.17. The van der Waals surface area contributed by atoms with Crippen LogP contribution in [-0.2, 0) is 0 Å². The zero-order chi connectivity index (χ0) is 9.83. The van der Waals surface area contributed by atoms with Gasteiger partial charge in [0.1, 0.15) is 0 Å². The molecule has 0 N–H and O–H groups in total. The van der Waals surface area contributed by atoms with Gasteiger partial charge in [-0.1, -0.05) is 0 Å². The van der Waals surface area contributed by atoms with Crippen molar-refractivity contribution in [3.05, 3.63) is 11.4 Å². The summed E-state index contributed by atoms with van der Waals surface area (Å²) in [5.41, 5.74) is 0. The highest BCUT2D eigenvalue weighted by Gasteiger charge is 2.56. The molecular weight excluding hydrogens is 181 g/mol. The molecule has 12 heavy (non-hydrogen) atoms. The van der Waals surface area contributed by atoms with E-state index in [4.69, 9.17) is 6.57 Å². The monoisotopic (exact) mass is 187 g/mol. The number of hydrogen-bond donors (Lipinski definition) is 0. The first-order chi connectivity index (χ1) is 5.31. The molecule has 0 amide bonds. The third-order valence-corrected chi connectivity index (χ3v) is 1.18. The summed E-state index contributed by atoms with van der Waals surface area (Å²) >= 11 is 0. The molecule has 70 valence electrons. The van der Waals surface area contributed by atoms with Crippen LogP contribution in [0.2, 0.25) is 0 Å². The Morgan fingerprint density at radius 2 is 1.58 bits per heavy atom. The van der Waals surface area contributed by atoms with Crippen LogP contribution in [0, 0.1) is 6.57 Å². The largest absolute Gasteiger partial charge is 0.453 e. The van der Waals surface area contributed by atoms with Gasteiger partial charge >= 0.3 is 12.1 Å². The first kappa shape index (κ1) is 11.1. The fraction of sp³-hybridized carbons (Fsp3) is 0.833. The molecule has 0 radical (unpaired) electrons. The van der Waals surface area contributed by atoms with E-state index in [1.165, 1.54) is 0 Å². The molecule has 0 unspecified atom stereocenters. The Kier molecular flexibility index (Phi) is 3.43. The first-order valence-corrected chi connectivity index (χ1v) is 3.09. The molecule has 6 heteroatoms. The normalized spacial score (nSPS) is 12.7. The summed E-state index contributed by atoms with van der Waals surface area (Å²) in [6.07, 6.45) is -7.23. The van der Waals surface area contributed by atoms with Crippen LogP contribution in [0.1, 0.15) is 12.8 Å². The van der Waals surface area contributed by atoms with Crippen LogP contribution in [0.4, 0.5) is 22.0 Å². The lowest BCUT2D eigenvalue weighted by atomic mass is 10.2. The molecule has 0 heterocycles. The van der Waals surface area contributed by atoms with Crippen molar-refractivity contribution in [3.8, 4) is 0 Å². The van der Waals surface area contributed by atoms with Gasteiger partial charge in [0.25, 0.3) is 0 Å². The summed E-state index contributed by atoms with van der Waals surface area (Å²) in [6.45, 7) is 5.87. The lowest BCUT2D eigenvalue weighted by Crippen LogP contribution is -2.36. The van der Waals surface area contributed by atoms with Gasteiger partial charge in [0.15, 0.2) is 0 Å². The van der Waals surface area contributed by atoms with Crippen molar-refractivity contribution in [1.82, 2.24) is 0 Å². The number of halogens is 5. The second kappa shape index (κ2) is 3.70. The molecule has 0 atom stereocenters.